The summed E-state index contributed by atoms with van der Waals surface area (Å²) >= 11 is 5.71. The van der Waals surface area contributed by atoms with Gasteiger partial charge in [-0.25, -0.2) is 12.8 Å². The van der Waals surface area contributed by atoms with Crippen molar-refractivity contribution < 1.29 is 17.6 Å². The largest absolute Gasteiger partial charge is 0.336 e. The molecule has 0 spiro atoms. The Morgan fingerprint density at radius 3 is 2.23 bits per heavy atom. The summed E-state index contributed by atoms with van der Waals surface area (Å²) < 4.78 is 40.7. The van der Waals surface area contributed by atoms with Gasteiger partial charge in [0.15, 0.2) is 0 Å². The fourth-order valence-electron chi connectivity index (χ4n) is 2.82. The SMILES string of the molecule is Cc1ccc(S(=O)(=O)N2CCN(C(=O)c3ccc(Cl)cc3F)CC2)cc1. The van der Waals surface area contributed by atoms with Crippen LogP contribution < -0.4 is 0 Å². The van der Waals surface area contributed by atoms with E-state index < -0.39 is 21.7 Å². The van der Waals surface area contributed by atoms with Crippen LogP contribution in [0, 0.1) is 12.7 Å². The number of rotatable bonds is 3. The number of sulfonamides is 1. The summed E-state index contributed by atoms with van der Waals surface area (Å²) in [6, 6.07) is 10.5. The number of piperazine rings is 1. The van der Waals surface area contributed by atoms with Crippen molar-refractivity contribution in [2.75, 3.05) is 26.2 Å². The lowest BCUT2D eigenvalue weighted by Gasteiger charge is -2.34. The number of halogens is 2. The zero-order chi connectivity index (χ0) is 18.9. The zero-order valence-electron chi connectivity index (χ0n) is 14.2. The minimum atomic E-state index is -3.60. The van der Waals surface area contributed by atoms with Gasteiger partial charge in [-0.1, -0.05) is 29.3 Å². The minimum Gasteiger partial charge on any atom is -0.336 e. The van der Waals surface area contributed by atoms with Crippen LogP contribution in [0.15, 0.2) is 47.4 Å². The minimum absolute atomic E-state index is 0.0655. The molecule has 1 heterocycles. The summed E-state index contributed by atoms with van der Waals surface area (Å²) in [5.41, 5.74) is 0.911. The molecule has 0 saturated carbocycles. The van der Waals surface area contributed by atoms with Crippen LogP contribution in [0.1, 0.15) is 15.9 Å². The number of carbonyl (C=O) groups is 1. The maximum atomic E-state index is 13.9. The first-order chi connectivity index (χ1) is 12.3. The second-order valence-electron chi connectivity index (χ2n) is 6.13. The lowest BCUT2D eigenvalue weighted by molar-refractivity contribution is 0.0693. The molecule has 1 aliphatic rings. The molecule has 3 rings (SSSR count). The molecule has 2 aromatic rings. The molecule has 0 aromatic heterocycles. The number of aryl methyl sites for hydroxylation is 1. The molecule has 8 heteroatoms. The Morgan fingerprint density at radius 2 is 1.65 bits per heavy atom. The molecule has 138 valence electrons. The molecule has 2 aromatic carbocycles. The van der Waals surface area contributed by atoms with Crippen molar-refractivity contribution in [1.82, 2.24) is 9.21 Å². The summed E-state index contributed by atoms with van der Waals surface area (Å²) in [6.07, 6.45) is 0. The van der Waals surface area contributed by atoms with Crippen molar-refractivity contribution in [3.8, 4) is 0 Å². The van der Waals surface area contributed by atoms with Gasteiger partial charge in [0, 0.05) is 31.2 Å². The average Bonchev–Trinajstić information content (AvgIpc) is 2.62. The molecule has 1 fully saturated rings. The molecule has 1 saturated heterocycles. The van der Waals surface area contributed by atoms with E-state index in [9.17, 15) is 17.6 Å². The second kappa shape index (κ2) is 7.34. The fourth-order valence-corrected chi connectivity index (χ4v) is 4.41. The van der Waals surface area contributed by atoms with E-state index in [4.69, 9.17) is 11.6 Å². The van der Waals surface area contributed by atoms with Gasteiger partial charge in [0.2, 0.25) is 10.0 Å². The topological polar surface area (TPSA) is 57.7 Å². The number of hydrogen-bond donors (Lipinski definition) is 0. The Morgan fingerprint density at radius 1 is 1.04 bits per heavy atom. The number of amides is 1. The molecule has 1 amide bonds. The van der Waals surface area contributed by atoms with Gasteiger partial charge in [-0.05, 0) is 37.3 Å². The third-order valence-corrected chi connectivity index (χ3v) is 6.49. The predicted molar refractivity (Wildman–Crippen MR) is 97.3 cm³/mol. The van der Waals surface area contributed by atoms with Crippen molar-refractivity contribution >= 4 is 27.5 Å². The Labute approximate surface area is 157 Å². The van der Waals surface area contributed by atoms with Crippen LogP contribution in [0.2, 0.25) is 5.02 Å². The second-order valence-corrected chi connectivity index (χ2v) is 8.51. The van der Waals surface area contributed by atoms with Crippen molar-refractivity contribution in [2.45, 2.75) is 11.8 Å². The van der Waals surface area contributed by atoms with Crippen LogP contribution in [-0.2, 0) is 10.0 Å². The zero-order valence-corrected chi connectivity index (χ0v) is 15.7. The summed E-state index contributed by atoms with van der Waals surface area (Å²) in [7, 11) is -3.60. The van der Waals surface area contributed by atoms with Crippen LogP contribution >= 0.6 is 11.6 Å². The van der Waals surface area contributed by atoms with Crippen LogP contribution in [0.25, 0.3) is 0 Å². The number of carbonyl (C=O) groups excluding carboxylic acids is 1. The molecule has 26 heavy (non-hydrogen) atoms. The highest BCUT2D eigenvalue weighted by atomic mass is 35.5. The van der Waals surface area contributed by atoms with Crippen LogP contribution in [-0.4, -0.2) is 49.7 Å². The fraction of sp³-hybridized carbons (Fsp3) is 0.278. The number of nitrogens with zero attached hydrogens (tertiary/aromatic N) is 2. The van der Waals surface area contributed by atoms with Crippen molar-refractivity contribution in [3.63, 3.8) is 0 Å². The lowest BCUT2D eigenvalue weighted by atomic mass is 10.1. The molecular weight excluding hydrogens is 379 g/mol. The van der Waals surface area contributed by atoms with Gasteiger partial charge < -0.3 is 4.90 Å². The summed E-state index contributed by atoms with van der Waals surface area (Å²) in [6.45, 7) is 2.61. The van der Waals surface area contributed by atoms with Gasteiger partial charge in [-0.15, -0.1) is 0 Å². The summed E-state index contributed by atoms with van der Waals surface area (Å²) in [4.78, 5) is 14.2. The normalized spacial score (nSPS) is 15.9. The Bertz CT molecular complexity index is 924. The molecule has 0 N–H and O–H groups in total. The van der Waals surface area contributed by atoms with Gasteiger partial charge >= 0.3 is 0 Å². The highest BCUT2D eigenvalue weighted by Gasteiger charge is 2.31. The van der Waals surface area contributed by atoms with Gasteiger partial charge in [0.05, 0.1) is 10.5 Å². The predicted octanol–water partition coefficient (Wildman–Crippen LogP) is 2.93. The molecule has 5 nitrogen and oxygen atoms in total. The Balaban J connectivity index is 1.70. The van der Waals surface area contributed by atoms with E-state index in [2.05, 4.69) is 0 Å². The van der Waals surface area contributed by atoms with Crippen LogP contribution in [0.4, 0.5) is 4.39 Å². The first-order valence-corrected chi connectivity index (χ1v) is 9.92. The number of hydrogen-bond acceptors (Lipinski definition) is 3. The summed E-state index contributed by atoms with van der Waals surface area (Å²) in [5.74, 6) is -1.15. The van der Waals surface area contributed by atoms with E-state index in [1.807, 2.05) is 6.92 Å². The van der Waals surface area contributed by atoms with E-state index in [1.165, 1.54) is 21.3 Å². The molecule has 0 atom stereocenters. The smallest absolute Gasteiger partial charge is 0.256 e. The molecular formula is C18H18ClFN2O3S. The van der Waals surface area contributed by atoms with Crippen molar-refractivity contribution in [3.05, 3.63) is 64.4 Å². The highest BCUT2D eigenvalue weighted by molar-refractivity contribution is 7.89. The number of benzene rings is 2. The standard InChI is InChI=1S/C18H18ClFN2O3S/c1-13-2-5-15(6-3-13)26(24,25)22-10-8-21(9-11-22)18(23)16-7-4-14(19)12-17(16)20/h2-7,12H,8-11H2,1H3. The molecule has 0 radical (unpaired) electrons. The van der Waals surface area contributed by atoms with E-state index in [-0.39, 0.29) is 41.7 Å². The van der Waals surface area contributed by atoms with E-state index in [1.54, 1.807) is 24.3 Å². The quantitative estimate of drug-likeness (QED) is 0.801. The Kier molecular flexibility index (Phi) is 5.32. The highest BCUT2D eigenvalue weighted by Crippen LogP contribution is 2.20. The summed E-state index contributed by atoms with van der Waals surface area (Å²) in [5, 5.41) is 0.216. The Hall–Kier alpha value is -1.96. The van der Waals surface area contributed by atoms with E-state index in [0.29, 0.717) is 0 Å². The van der Waals surface area contributed by atoms with Crippen LogP contribution in [0.5, 0.6) is 0 Å². The maximum Gasteiger partial charge on any atom is 0.256 e. The third-order valence-electron chi connectivity index (χ3n) is 4.35. The van der Waals surface area contributed by atoms with Gasteiger partial charge in [0.1, 0.15) is 5.82 Å². The molecule has 0 aliphatic carbocycles. The van der Waals surface area contributed by atoms with Gasteiger partial charge in [-0.3, -0.25) is 4.79 Å². The monoisotopic (exact) mass is 396 g/mol. The lowest BCUT2D eigenvalue weighted by Crippen LogP contribution is -2.50. The van der Waals surface area contributed by atoms with Crippen LogP contribution in [0.3, 0.4) is 0 Å². The molecule has 0 unspecified atom stereocenters. The molecule has 1 aliphatic heterocycles. The van der Waals surface area contributed by atoms with Gasteiger partial charge in [0.25, 0.3) is 5.91 Å². The molecule has 0 bridgehead atoms. The maximum absolute atomic E-state index is 13.9. The third kappa shape index (κ3) is 3.75. The van der Waals surface area contributed by atoms with E-state index in [0.717, 1.165) is 11.6 Å². The first-order valence-electron chi connectivity index (χ1n) is 8.10. The first kappa shape index (κ1) is 18.8. The van der Waals surface area contributed by atoms with Crippen molar-refractivity contribution in [2.24, 2.45) is 0 Å². The van der Waals surface area contributed by atoms with Crippen molar-refractivity contribution in [1.29, 1.82) is 0 Å². The van der Waals surface area contributed by atoms with E-state index >= 15 is 0 Å². The average molecular weight is 397 g/mol. The van der Waals surface area contributed by atoms with Gasteiger partial charge in [-0.2, -0.15) is 4.31 Å².